The van der Waals surface area contributed by atoms with Crippen molar-refractivity contribution in [3.05, 3.63) is 69.6 Å². The van der Waals surface area contributed by atoms with Crippen LogP contribution in [0.2, 0.25) is 10.0 Å². The molecule has 1 aromatic heterocycles. The SMILES string of the molecule is COc1cc(-c2cnc(N)c(OC(C)c3c(Cl)ccc(F)c3Cl)c2)ccc1CN1CCNCC1. The Kier molecular flexibility index (Phi) is 7.78. The summed E-state index contributed by atoms with van der Waals surface area (Å²) >= 11 is 12.4. The van der Waals surface area contributed by atoms with Gasteiger partial charge >= 0.3 is 0 Å². The van der Waals surface area contributed by atoms with Gasteiger partial charge in [0, 0.05) is 60.6 Å². The largest absolute Gasteiger partial charge is 0.496 e. The van der Waals surface area contributed by atoms with Crippen molar-refractivity contribution in [2.24, 2.45) is 0 Å². The number of halogens is 3. The second-order valence-corrected chi connectivity index (χ2v) is 8.96. The molecule has 0 amide bonds. The van der Waals surface area contributed by atoms with Crippen LogP contribution in [-0.2, 0) is 6.54 Å². The maximum Gasteiger partial charge on any atom is 0.166 e. The van der Waals surface area contributed by atoms with Crippen LogP contribution in [0.4, 0.5) is 10.2 Å². The van der Waals surface area contributed by atoms with Gasteiger partial charge in [0.1, 0.15) is 17.7 Å². The lowest BCUT2D eigenvalue weighted by molar-refractivity contribution is 0.227. The van der Waals surface area contributed by atoms with E-state index in [4.69, 9.17) is 38.4 Å². The van der Waals surface area contributed by atoms with Gasteiger partial charge < -0.3 is 20.5 Å². The predicted molar refractivity (Wildman–Crippen MR) is 134 cm³/mol. The van der Waals surface area contributed by atoms with Gasteiger partial charge in [-0.2, -0.15) is 0 Å². The number of hydrogen-bond acceptors (Lipinski definition) is 6. The second-order valence-electron chi connectivity index (χ2n) is 8.18. The number of nitrogens with one attached hydrogen (secondary N) is 1. The molecule has 2 aromatic carbocycles. The van der Waals surface area contributed by atoms with Crippen molar-refractivity contribution < 1.29 is 13.9 Å². The number of nitrogens with zero attached hydrogens (tertiary/aromatic N) is 2. The quantitative estimate of drug-likeness (QED) is 0.423. The monoisotopic (exact) mass is 504 g/mol. The highest BCUT2D eigenvalue weighted by Gasteiger charge is 2.20. The average Bonchev–Trinajstić information content (AvgIpc) is 2.84. The smallest absolute Gasteiger partial charge is 0.166 e. The molecule has 0 radical (unpaired) electrons. The Hall–Kier alpha value is -2.58. The maximum absolute atomic E-state index is 14.0. The van der Waals surface area contributed by atoms with Crippen LogP contribution in [0.3, 0.4) is 0 Å². The summed E-state index contributed by atoms with van der Waals surface area (Å²) in [5, 5.41) is 3.60. The molecule has 0 saturated carbocycles. The Labute approximate surface area is 208 Å². The van der Waals surface area contributed by atoms with Crippen molar-refractivity contribution in [2.75, 3.05) is 39.0 Å². The summed E-state index contributed by atoms with van der Waals surface area (Å²) in [6.45, 7) is 6.55. The first-order valence-corrected chi connectivity index (χ1v) is 11.8. The Morgan fingerprint density at radius 2 is 1.85 bits per heavy atom. The highest BCUT2D eigenvalue weighted by molar-refractivity contribution is 6.36. The average molecular weight is 505 g/mol. The van der Waals surface area contributed by atoms with E-state index in [1.54, 1.807) is 26.3 Å². The fraction of sp³-hybridized carbons (Fsp3) is 0.320. The number of ether oxygens (including phenoxy) is 2. The summed E-state index contributed by atoms with van der Waals surface area (Å²) < 4.78 is 25.7. The topological polar surface area (TPSA) is 72.6 Å². The fourth-order valence-corrected chi connectivity index (χ4v) is 4.72. The summed E-state index contributed by atoms with van der Waals surface area (Å²) in [5.41, 5.74) is 9.26. The fourth-order valence-electron chi connectivity index (χ4n) is 4.04. The van der Waals surface area contributed by atoms with Crippen LogP contribution in [0.5, 0.6) is 11.5 Å². The summed E-state index contributed by atoms with van der Waals surface area (Å²) in [4.78, 5) is 6.69. The first kappa shape index (κ1) is 24.5. The van der Waals surface area contributed by atoms with E-state index in [1.165, 1.54) is 12.1 Å². The number of aromatic nitrogens is 1. The van der Waals surface area contributed by atoms with Gasteiger partial charge in [-0.25, -0.2) is 9.37 Å². The van der Waals surface area contributed by atoms with Crippen molar-refractivity contribution in [3.63, 3.8) is 0 Å². The van der Waals surface area contributed by atoms with E-state index >= 15 is 0 Å². The van der Waals surface area contributed by atoms with Gasteiger partial charge in [0.05, 0.1) is 12.1 Å². The Morgan fingerprint density at radius 3 is 2.59 bits per heavy atom. The molecular formula is C25H27Cl2FN4O2. The van der Waals surface area contributed by atoms with Crippen LogP contribution in [0.15, 0.2) is 42.6 Å². The van der Waals surface area contributed by atoms with Crippen LogP contribution in [-0.4, -0.2) is 43.2 Å². The Morgan fingerprint density at radius 1 is 1.12 bits per heavy atom. The molecule has 3 aromatic rings. The minimum Gasteiger partial charge on any atom is -0.496 e. The van der Waals surface area contributed by atoms with Crippen LogP contribution in [0, 0.1) is 5.82 Å². The highest BCUT2D eigenvalue weighted by atomic mass is 35.5. The van der Waals surface area contributed by atoms with E-state index in [2.05, 4.69) is 21.3 Å². The predicted octanol–water partition coefficient (Wildman–Crippen LogP) is 5.33. The second kappa shape index (κ2) is 10.8. The first-order valence-electron chi connectivity index (χ1n) is 11.0. The number of methoxy groups -OCH3 is 1. The molecule has 0 spiro atoms. The number of anilines is 1. The molecule has 1 saturated heterocycles. The Bertz CT molecular complexity index is 1170. The van der Waals surface area contributed by atoms with Gasteiger partial charge in [0.15, 0.2) is 11.6 Å². The van der Waals surface area contributed by atoms with E-state index in [0.29, 0.717) is 16.3 Å². The van der Waals surface area contributed by atoms with Crippen molar-refractivity contribution in [1.29, 1.82) is 0 Å². The van der Waals surface area contributed by atoms with E-state index in [1.807, 2.05) is 12.1 Å². The number of nitrogen functional groups attached to an aromatic ring is 1. The zero-order valence-electron chi connectivity index (χ0n) is 19.1. The third-order valence-corrected chi connectivity index (χ3v) is 6.61. The van der Waals surface area contributed by atoms with Gasteiger partial charge in [-0.05, 0) is 36.8 Å². The normalized spacial score (nSPS) is 15.2. The van der Waals surface area contributed by atoms with E-state index in [9.17, 15) is 4.39 Å². The lowest BCUT2D eigenvalue weighted by Gasteiger charge is -2.27. The van der Waals surface area contributed by atoms with Crippen molar-refractivity contribution >= 4 is 29.0 Å². The van der Waals surface area contributed by atoms with Crippen molar-refractivity contribution in [1.82, 2.24) is 15.2 Å². The number of piperazine rings is 1. The van der Waals surface area contributed by atoms with Crippen LogP contribution in [0.1, 0.15) is 24.2 Å². The highest BCUT2D eigenvalue weighted by Crippen LogP contribution is 2.37. The number of hydrogen-bond donors (Lipinski definition) is 2. The van der Waals surface area contributed by atoms with Crippen LogP contribution < -0.4 is 20.5 Å². The maximum atomic E-state index is 14.0. The molecule has 6 nitrogen and oxygen atoms in total. The van der Waals surface area contributed by atoms with Gasteiger partial charge in [-0.15, -0.1) is 0 Å². The molecule has 0 bridgehead atoms. The molecule has 0 aliphatic carbocycles. The van der Waals surface area contributed by atoms with Gasteiger partial charge in [0.2, 0.25) is 0 Å². The van der Waals surface area contributed by atoms with Crippen molar-refractivity contribution in [3.8, 4) is 22.6 Å². The number of benzene rings is 2. The molecule has 180 valence electrons. The zero-order chi connectivity index (χ0) is 24.2. The Balaban J connectivity index is 1.58. The van der Waals surface area contributed by atoms with Gasteiger partial charge in [-0.3, -0.25) is 4.90 Å². The lowest BCUT2D eigenvalue weighted by Crippen LogP contribution is -2.42. The molecule has 1 aliphatic heterocycles. The molecule has 1 atom stereocenters. The van der Waals surface area contributed by atoms with Gasteiger partial charge in [0.25, 0.3) is 0 Å². The summed E-state index contributed by atoms with van der Waals surface area (Å²) in [7, 11) is 1.67. The molecule has 2 heterocycles. The van der Waals surface area contributed by atoms with E-state index in [-0.39, 0.29) is 10.8 Å². The molecule has 1 unspecified atom stereocenters. The molecular weight excluding hydrogens is 478 g/mol. The molecule has 4 rings (SSSR count). The number of pyridine rings is 1. The summed E-state index contributed by atoms with van der Waals surface area (Å²) in [6, 6.07) is 10.5. The zero-order valence-corrected chi connectivity index (χ0v) is 20.6. The van der Waals surface area contributed by atoms with Crippen LogP contribution in [0.25, 0.3) is 11.1 Å². The third kappa shape index (κ3) is 5.39. The van der Waals surface area contributed by atoms with Gasteiger partial charge in [-0.1, -0.05) is 35.3 Å². The van der Waals surface area contributed by atoms with E-state index in [0.717, 1.165) is 55.2 Å². The third-order valence-electron chi connectivity index (χ3n) is 5.90. The van der Waals surface area contributed by atoms with Crippen LogP contribution >= 0.6 is 23.2 Å². The minimum atomic E-state index is -0.647. The standard InChI is InChI=1S/C25H27Cl2FN4O2/c1-15(23-19(26)5-6-20(28)24(23)27)34-22-12-18(13-31-25(22)29)16-3-4-17(21(11-16)33-2)14-32-9-7-30-8-10-32/h3-6,11-13,15,30H,7-10,14H2,1-2H3,(H2,29,31). The van der Waals surface area contributed by atoms with Crippen molar-refractivity contribution in [2.45, 2.75) is 19.6 Å². The number of nitrogens with two attached hydrogens (primary N) is 1. The molecule has 9 heteroatoms. The van der Waals surface area contributed by atoms with E-state index < -0.39 is 11.9 Å². The summed E-state index contributed by atoms with van der Waals surface area (Å²) in [5.74, 6) is 0.804. The first-order chi connectivity index (χ1) is 16.4. The number of rotatable bonds is 7. The molecule has 1 fully saturated rings. The lowest BCUT2D eigenvalue weighted by atomic mass is 10.0. The molecule has 34 heavy (non-hydrogen) atoms. The molecule has 1 aliphatic rings. The minimum absolute atomic E-state index is 0.0764. The molecule has 3 N–H and O–H groups in total. The summed E-state index contributed by atoms with van der Waals surface area (Å²) in [6.07, 6.45) is 1.03.